The molecule has 32 heavy (non-hydrogen) atoms. The zero-order valence-corrected chi connectivity index (χ0v) is 18.8. The van der Waals surface area contributed by atoms with Crippen molar-refractivity contribution in [2.45, 2.75) is 39.3 Å². The van der Waals surface area contributed by atoms with Crippen LogP contribution in [0.15, 0.2) is 36.9 Å². The van der Waals surface area contributed by atoms with Crippen LogP contribution in [0.2, 0.25) is 0 Å². The number of benzene rings is 1. The zero-order valence-electron chi connectivity index (χ0n) is 17.9. The summed E-state index contributed by atoms with van der Waals surface area (Å²) in [6.45, 7) is 6.55. The second kappa shape index (κ2) is 7.56. The van der Waals surface area contributed by atoms with Crippen molar-refractivity contribution in [1.82, 2.24) is 29.5 Å². The van der Waals surface area contributed by atoms with Crippen molar-refractivity contribution in [3.63, 3.8) is 0 Å². The Morgan fingerprint density at radius 3 is 2.91 bits per heavy atom. The molecular weight excluding hydrogens is 428 g/mol. The summed E-state index contributed by atoms with van der Waals surface area (Å²) in [5, 5.41) is 18.8. The van der Waals surface area contributed by atoms with Crippen LogP contribution in [0.1, 0.15) is 25.6 Å². The molecule has 0 amide bonds. The van der Waals surface area contributed by atoms with E-state index in [1.165, 1.54) is 4.68 Å². The third kappa shape index (κ3) is 3.27. The predicted molar refractivity (Wildman–Crippen MR) is 120 cm³/mol. The first-order chi connectivity index (χ1) is 15.4. The van der Waals surface area contributed by atoms with Crippen LogP contribution in [0.25, 0.3) is 33.2 Å². The molecule has 0 saturated heterocycles. The second-order valence-electron chi connectivity index (χ2n) is 8.04. The van der Waals surface area contributed by atoms with Crippen molar-refractivity contribution < 1.29 is 14.6 Å². The number of carboxylic acids is 1. The lowest BCUT2D eigenvalue weighted by molar-refractivity contribution is -0.146. The zero-order chi connectivity index (χ0) is 22.5. The standard InChI is InChI=1S/C22H22N6O3S/c1-4-27-19(23-12-25-27)20-26-18-15-6-5-13(9-16(15)31-8-7-17(18)32-20)14-10-24-28(11-14)22(2,3)21(29)30/h5-6,9-12H,4,7-8H2,1-3H3,(H,29,30). The molecule has 4 aromatic rings. The van der Waals surface area contributed by atoms with Gasteiger partial charge >= 0.3 is 5.97 Å². The Morgan fingerprint density at radius 2 is 2.12 bits per heavy atom. The summed E-state index contributed by atoms with van der Waals surface area (Å²) in [6.07, 6.45) is 5.74. The Morgan fingerprint density at radius 1 is 1.28 bits per heavy atom. The van der Waals surface area contributed by atoms with Gasteiger partial charge in [-0.25, -0.2) is 19.4 Å². The van der Waals surface area contributed by atoms with Crippen molar-refractivity contribution >= 4 is 17.3 Å². The quantitative estimate of drug-likeness (QED) is 0.494. The fraction of sp³-hybridized carbons (Fsp3) is 0.318. The molecule has 0 bridgehead atoms. The number of carboxylic acid groups (broad SMARTS) is 1. The molecule has 3 aromatic heterocycles. The SMILES string of the molecule is CCn1ncnc1-c1nc2c(s1)CCOc1cc(-c3cnn(C(C)(C)C(=O)O)c3)ccc1-2. The highest BCUT2D eigenvalue weighted by Gasteiger charge is 2.30. The van der Waals surface area contributed by atoms with Gasteiger partial charge in [0.05, 0.1) is 18.5 Å². The van der Waals surface area contributed by atoms with E-state index < -0.39 is 11.5 Å². The van der Waals surface area contributed by atoms with Gasteiger partial charge < -0.3 is 9.84 Å². The molecule has 0 saturated carbocycles. The van der Waals surface area contributed by atoms with Crippen LogP contribution in [0.5, 0.6) is 5.75 Å². The summed E-state index contributed by atoms with van der Waals surface area (Å²) in [6, 6.07) is 5.95. The van der Waals surface area contributed by atoms with E-state index in [1.807, 2.05) is 29.8 Å². The topological polar surface area (TPSA) is 108 Å². The van der Waals surface area contributed by atoms with Gasteiger partial charge in [-0.3, -0.25) is 4.68 Å². The number of ether oxygens (including phenoxy) is 1. The molecule has 0 fully saturated rings. The van der Waals surface area contributed by atoms with Crippen molar-refractivity contribution in [2.24, 2.45) is 0 Å². The van der Waals surface area contributed by atoms with E-state index in [-0.39, 0.29) is 0 Å². The first-order valence-electron chi connectivity index (χ1n) is 10.3. The van der Waals surface area contributed by atoms with Crippen molar-refractivity contribution in [3.05, 3.63) is 41.8 Å². The monoisotopic (exact) mass is 450 g/mol. The van der Waals surface area contributed by atoms with E-state index in [2.05, 4.69) is 15.2 Å². The number of hydrogen-bond acceptors (Lipinski definition) is 7. The number of aliphatic carboxylic acids is 1. The number of aromatic nitrogens is 6. The third-order valence-corrected chi connectivity index (χ3v) is 6.75. The Labute approximate surface area is 188 Å². The number of nitrogens with zero attached hydrogens (tertiary/aromatic N) is 6. The smallest absolute Gasteiger partial charge is 0.331 e. The average Bonchev–Trinajstić information content (AvgIpc) is 3.51. The second-order valence-corrected chi connectivity index (χ2v) is 9.12. The predicted octanol–water partition coefficient (Wildman–Crippen LogP) is 3.71. The van der Waals surface area contributed by atoms with E-state index >= 15 is 0 Å². The number of fused-ring (bicyclic) bond motifs is 3. The summed E-state index contributed by atoms with van der Waals surface area (Å²) in [5.74, 6) is 0.585. The highest BCUT2D eigenvalue weighted by Crippen LogP contribution is 2.41. The highest BCUT2D eigenvalue weighted by molar-refractivity contribution is 7.15. The van der Waals surface area contributed by atoms with Crippen LogP contribution in [0, 0.1) is 0 Å². The van der Waals surface area contributed by atoms with E-state index in [0.717, 1.165) is 56.8 Å². The van der Waals surface area contributed by atoms with Gasteiger partial charge in [-0.15, -0.1) is 11.3 Å². The van der Waals surface area contributed by atoms with Gasteiger partial charge in [0.1, 0.15) is 12.1 Å². The Balaban J connectivity index is 1.53. The number of rotatable bonds is 5. The number of hydrogen-bond donors (Lipinski definition) is 1. The maximum Gasteiger partial charge on any atom is 0.331 e. The first kappa shape index (κ1) is 20.4. The molecule has 0 aliphatic carbocycles. The van der Waals surface area contributed by atoms with Gasteiger partial charge in [-0.1, -0.05) is 6.07 Å². The van der Waals surface area contributed by atoms with Gasteiger partial charge in [0.15, 0.2) is 16.4 Å². The van der Waals surface area contributed by atoms with Crippen molar-refractivity contribution in [1.29, 1.82) is 0 Å². The lowest BCUT2D eigenvalue weighted by Crippen LogP contribution is -2.35. The number of thiazole rings is 1. The maximum absolute atomic E-state index is 11.5. The summed E-state index contributed by atoms with van der Waals surface area (Å²) < 4.78 is 9.36. The molecule has 10 heteroatoms. The molecule has 1 aliphatic rings. The van der Waals surface area contributed by atoms with E-state index in [0.29, 0.717) is 6.61 Å². The molecule has 0 atom stereocenters. The molecule has 0 spiro atoms. The Hall–Kier alpha value is -3.53. The molecule has 1 aromatic carbocycles. The minimum Gasteiger partial charge on any atom is -0.492 e. The van der Waals surface area contributed by atoms with Crippen molar-refractivity contribution in [3.8, 4) is 39.0 Å². The summed E-state index contributed by atoms with van der Waals surface area (Å²) in [5.41, 5.74) is 2.44. The van der Waals surface area contributed by atoms with Crippen LogP contribution in [0.3, 0.4) is 0 Å². The minimum absolute atomic E-state index is 0.552. The van der Waals surface area contributed by atoms with Gasteiger partial charge in [0, 0.05) is 35.2 Å². The molecule has 1 N–H and O–H groups in total. The van der Waals surface area contributed by atoms with Crippen LogP contribution >= 0.6 is 11.3 Å². The van der Waals surface area contributed by atoms with Gasteiger partial charge in [0.25, 0.3) is 0 Å². The largest absolute Gasteiger partial charge is 0.492 e. The van der Waals surface area contributed by atoms with Crippen LogP contribution in [0.4, 0.5) is 0 Å². The fourth-order valence-corrected chi connectivity index (χ4v) is 4.69. The fourth-order valence-electron chi connectivity index (χ4n) is 3.63. The van der Waals surface area contributed by atoms with Crippen molar-refractivity contribution in [2.75, 3.05) is 6.61 Å². The summed E-state index contributed by atoms with van der Waals surface area (Å²) in [7, 11) is 0. The van der Waals surface area contributed by atoms with Gasteiger partial charge in [-0.2, -0.15) is 10.2 Å². The Kier molecular flexibility index (Phi) is 4.81. The summed E-state index contributed by atoms with van der Waals surface area (Å²) >= 11 is 1.63. The lowest BCUT2D eigenvalue weighted by atomic mass is 10.0. The molecule has 0 unspecified atom stereocenters. The van der Waals surface area contributed by atoms with Crippen LogP contribution in [-0.4, -0.2) is 47.2 Å². The van der Waals surface area contributed by atoms with E-state index in [1.54, 1.807) is 43.9 Å². The Bertz CT molecular complexity index is 1320. The van der Waals surface area contributed by atoms with Crippen LogP contribution < -0.4 is 4.74 Å². The van der Waals surface area contributed by atoms with Gasteiger partial charge in [0.2, 0.25) is 0 Å². The highest BCUT2D eigenvalue weighted by atomic mass is 32.1. The third-order valence-electron chi connectivity index (χ3n) is 5.64. The van der Waals surface area contributed by atoms with Crippen LogP contribution in [-0.2, 0) is 23.3 Å². The number of aryl methyl sites for hydroxylation is 1. The maximum atomic E-state index is 11.5. The average molecular weight is 451 g/mol. The lowest BCUT2D eigenvalue weighted by Gasteiger charge is -2.19. The minimum atomic E-state index is -1.13. The van der Waals surface area contributed by atoms with E-state index in [9.17, 15) is 9.90 Å². The molecule has 164 valence electrons. The normalized spacial score (nSPS) is 13.2. The number of carbonyl (C=O) groups is 1. The van der Waals surface area contributed by atoms with Gasteiger partial charge in [-0.05, 0) is 38.5 Å². The molecular formula is C22H22N6O3S. The van der Waals surface area contributed by atoms with E-state index in [4.69, 9.17) is 9.72 Å². The summed E-state index contributed by atoms with van der Waals surface area (Å²) in [4.78, 5) is 22.0. The molecule has 0 radical (unpaired) electrons. The molecule has 9 nitrogen and oxygen atoms in total. The molecule has 1 aliphatic heterocycles. The molecule has 4 heterocycles. The first-order valence-corrected chi connectivity index (χ1v) is 11.1. The molecule has 5 rings (SSSR count).